The largest absolute Gasteiger partial charge is 0.396 e. The highest BCUT2D eigenvalue weighted by Gasteiger charge is 2.07. The Hall–Kier alpha value is -1.78. The molecule has 0 saturated carbocycles. The first-order chi connectivity index (χ1) is 9.63. The van der Waals surface area contributed by atoms with E-state index in [9.17, 15) is 0 Å². The number of aromatic nitrogens is 1. The van der Waals surface area contributed by atoms with Crippen molar-refractivity contribution >= 4 is 55.5 Å². The van der Waals surface area contributed by atoms with E-state index < -0.39 is 0 Å². The van der Waals surface area contributed by atoms with Crippen LogP contribution in [0.4, 0.5) is 17.1 Å². The molecule has 0 aliphatic carbocycles. The first kappa shape index (κ1) is 13.2. The topological polar surface area (TPSA) is 50.9 Å². The summed E-state index contributed by atoms with van der Waals surface area (Å²) in [7, 11) is 0. The minimum absolute atomic E-state index is 0.602. The number of rotatable bonds is 2. The van der Waals surface area contributed by atoms with Crippen LogP contribution in [0.25, 0.3) is 10.9 Å². The lowest BCUT2D eigenvalue weighted by molar-refractivity contribution is 1.40. The lowest BCUT2D eigenvalue weighted by Crippen LogP contribution is -1.98. The highest BCUT2D eigenvalue weighted by atomic mass is 79.9. The average Bonchev–Trinajstić information content (AvgIpc) is 2.44. The van der Waals surface area contributed by atoms with Crippen molar-refractivity contribution < 1.29 is 0 Å². The third-order valence-electron chi connectivity index (χ3n) is 2.97. The van der Waals surface area contributed by atoms with Crippen molar-refractivity contribution in [1.29, 1.82) is 0 Å². The first-order valence-electron chi connectivity index (χ1n) is 6.00. The van der Waals surface area contributed by atoms with Crippen molar-refractivity contribution in [2.75, 3.05) is 11.1 Å². The van der Waals surface area contributed by atoms with Crippen LogP contribution in [0.15, 0.2) is 53.1 Å². The lowest BCUT2D eigenvalue weighted by Gasteiger charge is -2.12. The van der Waals surface area contributed by atoms with Crippen LogP contribution in [-0.4, -0.2) is 4.98 Å². The highest BCUT2D eigenvalue weighted by molar-refractivity contribution is 9.10. The molecule has 0 bridgehead atoms. The Morgan fingerprint density at radius 3 is 2.60 bits per heavy atom. The SMILES string of the molecule is Nc1cnc2ccc(Br)cc2c1Nc1ccc(Cl)cc1. The van der Waals surface area contributed by atoms with Crippen LogP contribution >= 0.6 is 27.5 Å². The molecule has 5 heteroatoms. The molecule has 0 unspecified atom stereocenters. The second-order valence-corrected chi connectivity index (χ2v) is 5.73. The third-order valence-corrected chi connectivity index (χ3v) is 3.72. The monoisotopic (exact) mass is 347 g/mol. The fourth-order valence-electron chi connectivity index (χ4n) is 2.00. The summed E-state index contributed by atoms with van der Waals surface area (Å²) in [5.74, 6) is 0. The van der Waals surface area contributed by atoms with Gasteiger partial charge in [0.1, 0.15) is 0 Å². The summed E-state index contributed by atoms with van der Waals surface area (Å²) in [6.45, 7) is 0. The van der Waals surface area contributed by atoms with Crippen LogP contribution in [0.3, 0.4) is 0 Å². The number of nitrogen functional groups attached to an aromatic ring is 1. The number of fused-ring (bicyclic) bond motifs is 1. The standard InChI is InChI=1S/C15H11BrClN3/c16-9-1-6-14-12(7-9)15(13(18)8-19-14)20-11-4-2-10(17)3-5-11/h1-8H,18H2,(H,19,20). The zero-order valence-electron chi connectivity index (χ0n) is 10.4. The summed E-state index contributed by atoms with van der Waals surface area (Å²) < 4.78 is 0.983. The van der Waals surface area contributed by atoms with Gasteiger partial charge < -0.3 is 11.1 Å². The molecule has 3 rings (SSSR count). The molecule has 0 fully saturated rings. The smallest absolute Gasteiger partial charge is 0.0746 e. The number of anilines is 3. The molecule has 20 heavy (non-hydrogen) atoms. The van der Waals surface area contributed by atoms with Gasteiger partial charge in [-0.25, -0.2) is 0 Å². The van der Waals surface area contributed by atoms with Gasteiger partial charge >= 0.3 is 0 Å². The van der Waals surface area contributed by atoms with Gasteiger partial charge in [-0.2, -0.15) is 0 Å². The van der Waals surface area contributed by atoms with Crippen molar-refractivity contribution in [2.24, 2.45) is 0 Å². The maximum absolute atomic E-state index is 6.05. The number of nitrogens with two attached hydrogens (primary N) is 1. The molecule has 2 aromatic carbocycles. The molecule has 0 spiro atoms. The second kappa shape index (κ2) is 5.31. The fourth-order valence-corrected chi connectivity index (χ4v) is 2.48. The molecule has 0 aliphatic heterocycles. The van der Waals surface area contributed by atoms with Gasteiger partial charge in [0.25, 0.3) is 0 Å². The summed E-state index contributed by atoms with van der Waals surface area (Å²) in [6.07, 6.45) is 1.66. The van der Waals surface area contributed by atoms with Crippen LogP contribution in [0, 0.1) is 0 Å². The van der Waals surface area contributed by atoms with E-state index in [0.717, 1.165) is 26.8 Å². The molecule has 0 saturated heterocycles. The number of nitrogens with zero attached hydrogens (tertiary/aromatic N) is 1. The van der Waals surface area contributed by atoms with Crippen LogP contribution < -0.4 is 11.1 Å². The summed E-state index contributed by atoms with van der Waals surface area (Å²) >= 11 is 9.37. The normalized spacial score (nSPS) is 10.7. The number of hydrogen-bond acceptors (Lipinski definition) is 3. The summed E-state index contributed by atoms with van der Waals surface area (Å²) in [5, 5.41) is 4.99. The second-order valence-electron chi connectivity index (χ2n) is 4.38. The van der Waals surface area contributed by atoms with E-state index in [1.165, 1.54) is 0 Å². The van der Waals surface area contributed by atoms with Gasteiger partial charge in [-0.15, -0.1) is 0 Å². The number of pyridine rings is 1. The van der Waals surface area contributed by atoms with Crippen molar-refractivity contribution in [2.45, 2.75) is 0 Å². The fraction of sp³-hybridized carbons (Fsp3) is 0. The number of halogens is 2. The molecule has 3 nitrogen and oxygen atoms in total. The van der Waals surface area contributed by atoms with Gasteiger partial charge in [-0.3, -0.25) is 4.98 Å². The van der Waals surface area contributed by atoms with E-state index in [1.54, 1.807) is 6.20 Å². The summed E-state index contributed by atoms with van der Waals surface area (Å²) in [4.78, 5) is 4.33. The Labute approximate surface area is 129 Å². The van der Waals surface area contributed by atoms with E-state index in [4.69, 9.17) is 17.3 Å². The van der Waals surface area contributed by atoms with Gasteiger partial charge in [0, 0.05) is 20.6 Å². The Kier molecular flexibility index (Phi) is 3.51. The van der Waals surface area contributed by atoms with E-state index in [2.05, 4.69) is 26.2 Å². The van der Waals surface area contributed by atoms with Gasteiger partial charge in [0.2, 0.25) is 0 Å². The number of benzene rings is 2. The summed E-state index contributed by atoms with van der Waals surface area (Å²) in [5.41, 5.74) is 9.31. The molecule has 100 valence electrons. The van der Waals surface area contributed by atoms with Crippen LogP contribution in [-0.2, 0) is 0 Å². The minimum atomic E-state index is 0.602. The molecule has 0 aliphatic rings. The van der Waals surface area contributed by atoms with E-state index in [-0.39, 0.29) is 0 Å². The first-order valence-corrected chi connectivity index (χ1v) is 7.17. The van der Waals surface area contributed by atoms with Crippen molar-refractivity contribution in [3.63, 3.8) is 0 Å². The van der Waals surface area contributed by atoms with E-state index in [0.29, 0.717) is 10.7 Å². The number of hydrogen-bond donors (Lipinski definition) is 2. The van der Waals surface area contributed by atoms with Gasteiger partial charge in [-0.1, -0.05) is 27.5 Å². The Bertz CT molecular complexity index is 767. The summed E-state index contributed by atoms with van der Waals surface area (Å²) in [6, 6.07) is 13.4. The lowest BCUT2D eigenvalue weighted by atomic mass is 10.1. The molecule has 0 atom stereocenters. The average molecular weight is 349 g/mol. The number of nitrogens with one attached hydrogen (secondary N) is 1. The third kappa shape index (κ3) is 2.57. The molecule has 0 amide bonds. The molecule has 1 aromatic heterocycles. The van der Waals surface area contributed by atoms with Crippen LogP contribution in [0.5, 0.6) is 0 Å². The van der Waals surface area contributed by atoms with Crippen molar-refractivity contribution in [3.8, 4) is 0 Å². The molecular weight excluding hydrogens is 338 g/mol. The Morgan fingerprint density at radius 2 is 1.85 bits per heavy atom. The quantitative estimate of drug-likeness (QED) is 0.687. The molecule has 3 aromatic rings. The predicted molar refractivity (Wildman–Crippen MR) is 88.6 cm³/mol. The van der Waals surface area contributed by atoms with Gasteiger partial charge in [0.15, 0.2) is 0 Å². The predicted octanol–water partition coefficient (Wildman–Crippen LogP) is 4.98. The van der Waals surface area contributed by atoms with E-state index in [1.807, 2.05) is 42.5 Å². The molecular formula is C15H11BrClN3. The van der Waals surface area contributed by atoms with Crippen molar-refractivity contribution in [1.82, 2.24) is 4.98 Å². The Morgan fingerprint density at radius 1 is 1.10 bits per heavy atom. The van der Waals surface area contributed by atoms with Gasteiger partial charge in [-0.05, 0) is 42.5 Å². The maximum Gasteiger partial charge on any atom is 0.0746 e. The zero-order valence-corrected chi connectivity index (χ0v) is 12.7. The zero-order chi connectivity index (χ0) is 14.1. The van der Waals surface area contributed by atoms with Crippen LogP contribution in [0.1, 0.15) is 0 Å². The Balaban J connectivity index is 2.12. The molecule has 1 heterocycles. The highest BCUT2D eigenvalue weighted by Crippen LogP contribution is 2.32. The van der Waals surface area contributed by atoms with Gasteiger partial charge in [0.05, 0.1) is 23.1 Å². The van der Waals surface area contributed by atoms with Crippen LogP contribution in [0.2, 0.25) is 5.02 Å². The minimum Gasteiger partial charge on any atom is -0.396 e. The molecule has 3 N–H and O–H groups in total. The van der Waals surface area contributed by atoms with Crippen molar-refractivity contribution in [3.05, 3.63) is 58.2 Å². The van der Waals surface area contributed by atoms with E-state index >= 15 is 0 Å². The molecule has 0 radical (unpaired) electrons. The maximum atomic E-state index is 6.05.